The highest BCUT2D eigenvalue weighted by molar-refractivity contribution is 7.84. The lowest BCUT2D eigenvalue weighted by atomic mass is 10.1. The summed E-state index contributed by atoms with van der Waals surface area (Å²) in [6.45, 7) is 5.23. The molecular weight excluding hydrogens is 364 g/mol. The van der Waals surface area contributed by atoms with Gasteiger partial charge >= 0.3 is 0 Å². The number of fused-ring (bicyclic) bond motifs is 1. The maximum atomic E-state index is 12.9. The molecule has 0 bridgehead atoms. The van der Waals surface area contributed by atoms with Gasteiger partial charge in [0.15, 0.2) is 17.3 Å². The Kier molecular flexibility index (Phi) is 4.89. The lowest BCUT2D eigenvalue weighted by Gasteiger charge is -2.11. The van der Waals surface area contributed by atoms with Gasteiger partial charge in [0, 0.05) is 17.4 Å². The molecule has 0 aliphatic carbocycles. The van der Waals surface area contributed by atoms with Crippen molar-refractivity contribution in [3.8, 4) is 17.2 Å². The van der Waals surface area contributed by atoms with Crippen LogP contribution in [-0.2, 0) is 16.6 Å². The van der Waals surface area contributed by atoms with E-state index in [1.165, 1.54) is 0 Å². The maximum Gasteiger partial charge on any atom is 0.169 e. The number of hydrogen-bond donors (Lipinski definition) is 0. The molecule has 8 heteroatoms. The molecule has 0 saturated carbocycles. The minimum Gasteiger partial charge on any atom is -0.490 e. The number of benzene rings is 2. The number of tetrazole rings is 1. The lowest BCUT2D eigenvalue weighted by Crippen LogP contribution is -2.09. The van der Waals surface area contributed by atoms with Crippen LogP contribution in [0.4, 0.5) is 0 Å². The number of ether oxygens (including phenoxy) is 2. The molecule has 0 fully saturated rings. The third-order valence-electron chi connectivity index (χ3n) is 4.43. The Bertz CT molecular complexity index is 982. The molecule has 1 atom stereocenters. The molecule has 1 aromatic heterocycles. The van der Waals surface area contributed by atoms with E-state index >= 15 is 0 Å². The molecule has 0 radical (unpaired) electrons. The fourth-order valence-corrected chi connectivity index (χ4v) is 4.13. The summed E-state index contributed by atoms with van der Waals surface area (Å²) in [6.07, 6.45) is 0.831. The third kappa shape index (κ3) is 3.57. The summed E-state index contributed by atoms with van der Waals surface area (Å²) in [7, 11) is -1.31. The van der Waals surface area contributed by atoms with Gasteiger partial charge in [-0.3, -0.25) is 4.21 Å². The summed E-state index contributed by atoms with van der Waals surface area (Å²) in [5.74, 6) is 2.08. The normalized spacial score (nSPS) is 14.6. The van der Waals surface area contributed by atoms with Gasteiger partial charge in [0.25, 0.3) is 0 Å². The molecule has 0 N–H and O–H groups in total. The van der Waals surface area contributed by atoms with Crippen LogP contribution in [0.1, 0.15) is 23.4 Å². The first kappa shape index (κ1) is 17.7. The van der Waals surface area contributed by atoms with Crippen LogP contribution in [0.5, 0.6) is 11.5 Å². The highest BCUT2D eigenvalue weighted by Crippen LogP contribution is 2.32. The quantitative estimate of drug-likeness (QED) is 0.688. The van der Waals surface area contributed by atoms with Crippen molar-refractivity contribution in [1.29, 1.82) is 0 Å². The zero-order valence-electron chi connectivity index (χ0n) is 15.2. The Labute approximate surface area is 159 Å². The highest BCUT2D eigenvalue weighted by atomic mass is 32.2. The van der Waals surface area contributed by atoms with Crippen molar-refractivity contribution in [2.75, 3.05) is 13.2 Å². The summed E-state index contributed by atoms with van der Waals surface area (Å²) in [5.41, 5.74) is 3.04. The van der Waals surface area contributed by atoms with Crippen molar-refractivity contribution in [2.24, 2.45) is 0 Å². The van der Waals surface area contributed by atoms with Crippen LogP contribution in [0.25, 0.3) is 5.69 Å². The van der Waals surface area contributed by atoms with Gasteiger partial charge in [-0.05, 0) is 47.5 Å². The van der Waals surface area contributed by atoms with Gasteiger partial charge in [0.2, 0.25) is 0 Å². The van der Waals surface area contributed by atoms with Crippen LogP contribution < -0.4 is 9.47 Å². The summed E-state index contributed by atoms with van der Waals surface area (Å²) < 4.78 is 25.9. The maximum absolute atomic E-state index is 12.9. The van der Waals surface area contributed by atoms with E-state index in [9.17, 15) is 4.21 Å². The molecule has 140 valence electrons. The first-order valence-corrected chi connectivity index (χ1v) is 10.1. The Morgan fingerprint density at radius 3 is 2.59 bits per heavy atom. The molecule has 1 aliphatic rings. The Morgan fingerprint density at radius 1 is 1.07 bits per heavy atom. The van der Waals surface area contributed by atoms with E-state index < -0.39 is 10.8 Å². The molecule has 7 nitrogen and oxygen atoms in total. The van der Waals surface area contributed by atoms with Crippen molar-refractivity contribution in [3.05, 3.63) is 53.3 Å². The highest BCUT2D eigenvalue weighted by Gasteiger charge is 2.18. The molecule has 0 saturated heterocycles. The van der Waals surface area contributed by atoms with Crippen LogP contribution >= 0.6 is 0 Å². The molecule has 27 heavy (non-hydrogen) atoms. The second-order valence-corrected chi connectivity index (χ2v) is 7.85. The van der Waals surface area contributed by atoms with Gasteiger partial charge in [-0.1, -0.05) is 18.2 Å². The van der Waals surface area contributed by atoms with Crippen LogP contribution in [0, 0.1) is 13.8 Å². The molecule has 1 aliphatic heterocycles. The van der Waals surface area contributed by atoms with Crippen LogP contribution in [0.15, 0.2) is 41.3 Å². The topological polar surface area (TPSA) is 79.1 Å². The Balaban J connectivity index is 1.62. The Hall–Kier alpha value is -2.74. The van der Waals surface area contributed by atoms with E-state index in [0.29, 0.717) is 35.4 Å². The first-order valence-electron chi connectivity index (χ1n) is 8.75. The van der Waals surface area contributed by atoms with E-state index in [4.69, 9.17) is 9.47 Å². The molecule has 2 aromatic carbocycles. The average molecular weight is 384 g/mol. The molecule has 0 unspecified atom stereocenters. The lowest BCUT2D eigenvalue weighted by molar-refractivity contribution is 0.297. The summed E-state index contributed by atoms with van der Waals surface area (Å²) >= 11 is 0. The number of para-hydroxylation sites is 1. The van der Waals surface area contributed by atoms with Crippen LogP contribution in [-0.4, -0.2) is 37.6 Å². The predicted molar refractivity (Wildman–Crippen MR) is 101 cm³/mol. The van der Waals surface area contributed by atoms with E-state index in [1.807, 2.05) is 38.1 Å². The van der Waals surface area contributed by atoms with Crippen molar-refractivity contribution >= 4 is 10.8 Å². The fourth-order valence-electron chi connectivity index (χ4n) is 3.09. The predicted octanol–water partition coefficient (Wildman–Crippen LogP) is 2.75. The van der Waals surface area contributed by atoms with E-state index in [0.717, 1.165) is 23.2 Å². The number of nitrogens with zero attached hydrogens (tertiary/aromatic N) is 4. The Morgan fingerprint density at radius 2 is 1.81 bits per heavy atom. The van der Waals surface area contributed by atoms with Crippen molar-refractivity contribution in [3.63, 3.8) is 0 Å². The molecule has 0 spiro atoms. The van der Waals surface area contributed by atoms with Gasteiger partial charge in [-0.25, -0.2) is 0 Å². The third-order valence-corrected chi connectivity index (χ3v) is 5.73. The zero-order chi connectivity index (χ0) is 18.8. The second kappa shape index (κ2) is 7.48. The van der Waals surface area contributed by atoms with Crippen molar-refractivity contribution in [1.82, 2.24) is 20.2 Å². The molecule has 4 rings (SSSR count). The summed E-state index contributed by atoms with van der Waals surface area (Å²) in [4.78, 5) is 0.662. The summed E-state index contributed by atoms with van der Waals surface area (Å²) in [5, 5.41) is 12.0. The van der Waals surface area contributed by atoms with Crippen LogP contribution in [0.3, 0.4) is 0 Å². The second-order valence-electron chi connectivity index (χ2n) is 6.40. The monoisotopic (exact) mass is 384 g/mol. The smallest absolute Gasteiger partial charge is 0.169 e. The fraction of sp³-hybridized carbons (Fsp3) is 0.316. The number of rotatable bonds is 4. The number of aryl methyl sites for hydroxylation is 2. The molecule has 0 amide bonds. The molecule has 3 aromatic rings. The van der Waals surface area contributed by atoms with E-state index in [1.54, 1.807) is 16.8 Å². The van der Waals surface area contributed by atoms with Gasteiger partial charge in [-0.15, -0.1) is 5.10 Å². The number of aromatic nitrogens is 4. The minimum absolute atomic E-state index is 0.209. The van der Waals surface area contributed by atoms with Gasteiger partial charge in [-0.2, -0.15) is 4.68 Å². The van der Waals surface area contributed by atoms with E-state index in [2.05, 4.69) is 15.5 Å². The standard InChI is InChI=1S/C19H20N4O3S/c1-13-5-3-6-14(2)19(13)23-18(20-21-22-23)12-27(24)15-7-8-16-17(11-15)26-10-4-9-25-16/h3,5-8,11H,4,9-10,12H2,1-2H3/t27-/m1/s1. The van der Waals surface area contributed by atoms with Crippen molar-refractivity contribution < 1.29 is 13.7 Å². The summed E-state index contributed by atoms with van der Waals surface area (Å²) in [6, 6.07) is 11.4. The first-order chi connectivity index (χ1) is 13.1. The van der Waals surface area contributed by atoms with Crippen molar-refractivity contribution in [2.45, 2.75) is 30.9 Å². The zero-order valence-corrected chi connectivity index (χ0v) is 16.0. The molecule has 2 heterocycles. The van der Waals surface area contributed by atoms with Gasteiger partial charge < -0.3 is 9.47 Å². The van der Waals surface area contributed by atoms with Gasteiger partial charge in [0.05, 0.1) is 35.5 Å². The number of hydrogen-bond acceptors (Lipinski definition) is 6. The minimum atomic E-state index is -1.31. The van der Waals surface area contributed by atoms with E-state index in [-0.39, 0.29) is 5.75 Å². The largest absolute Gasteiger partial charge is 0.490 e. The average Bonchev–Trinajstić information content (AvgIpc) is 2.96. The molecular formula is C19H20N4O3S. The van der Waals surface area contributed by atoms with Gasteiger partial charge in [0.1, 0.15) is 0 Å². The van der Waals surface area contributed by atoms with Crippen LogP contribution in [0.2, 0.25) is 0 Å². The SMILES string of the molecule is Cc1cccc(C)c1-n1nnnc1C[S@@](=O)c1ccc2c(c1)OCCCO2.